The van der Waals surface area contributed by atoms with Crippen LogP contribution in [0.15, 0.2) is 4.99 Å². The molecule has 2 aliphatic rings. The van der Waals surface area contributed by atoms with Crippen molar-refractivity contribution in [2.24, 2.45) is 4.99 Å². The van der Waals surface area contributed by atoms with Gasteiger partial charge in [0, 0.05) is 39.2 Å². The van der Waals surface area contributed by atoms with E-state index in [2.05, 4.69) is 37.7 Å². The Morgan fingerprint density at radius 3 is 2.79 bits per heavy atom. The summed E-state index contributed by atoms with van der Waals surface area (Å²) in [6, 6.07) is 1.11. The number of guanidine groups is 1. The van der Waals surface area contributed by atoms with E-state index in [1.165, 1.54) is 32.1 Å². The second-order valence-electron chi connectivity index (χ2n) is 8.06. The van der Waals surface area contributed by atoms with Gasteiger partial charge in [0.1, 0.15) is 12.4 Å². The van der Waals surface area contributed by atoms with Crippen molar-refractivity contribution in [3.63, 3.8) is 0 Å². The maximum atomic E-state index is 5.14. The molecule has 1 aromatic heterocycles. The third-order valence-corrected chi connectivity index (χ3v) is 5.92. The highest BCUT2D eigenvalue weighted by molar-refractivity contribution is 14.0. The van der Waals surface area contributed by atoms with Crippen molar-refractivity contribution < 1.29 is 4.74 Å². The summed E-state index contributed by atoms with van der Waals surface area (Å²) in [4.78, 5) is 11.5. The van der Waals surface area contributed by atoms with E-state index in [1.54, 1.807) is 7.11 Å². The summed E-state index contributed by atoms with van der Waals surface area (Å²) in [5.41, 5.74) is 0. The van der Waals surface area contributed by atoms with Crippen LogP contribution in [0.3, 0.4) is 0 Å². The molecule has 0 amide bonds. The van der Waals surface area contributed by atoms with Crippen LogP contribution in [0.25, 0.3) is 0 Å². The fourth-order valence-electron chi connectivity index (χ4n) is 4.30. The molecule has 9 heteroatoms. The Labute approximate surface area is 192 Å². The van der Waals surface area contributed by atoms with E-state index in [-0.39, 0.29) is 24.0 Å². The average molecular weight is 519 g/mol. The number of hydrogen-bond acceptors (Lipinski definition) is 5. The van der Waals surface area contributed by atoms with E-state index in [1.807, 2.05) is 11.7 Å². The summed E-state index contributed by atoms with van der Waals surface area (Å²) >= 11 is 0. The Balaban J connectivity index is 0.00000300. The Morgan fingerprint density at radius 1 is 1.28 bits per heavy atom. The fourth-order valence-corrected chi connectivity index (χ4v) is 4.30. The van der Waals surface area contributed by atoms with Gasteiger partial charge in [-0.2, -0.15) is 5.10 Å². The Bertz CT molecular complexity index is 630. The van der Waals surface area contributed by atoms with Crippen molar-refractivity contribution in [1.29, 1.82) is 0 Å². The van der Waals surface area contributed by atoms with Crippen LogP contribution < -0.4 is 10.6 Å². The van der Waals surface area contributed by atoms with Gasteiger partial charge in [0.15, 0.2) is 11.8 Å². The molecule has 0 aromatic carbocycles. The molecule has 1 fully saturated rings. The van der Waals surface area contributed by atoms with Gasteiger partial charge in [-0.25, -0.2) is 9.67 Å². The van der Waals surface area contributed by atoms with Gasteiger partial charge in [-0.15, -0.1) is 24.0 Å². The van der Waals surface area contributed by atoms with Gasteiger partial charge < -0.3 is 20.3 Å². The summed E-state index contributed by atoms with van der Waals surface area (Å²) in [7, 11) is 5.79. The number of nitrogens with zero attached hydrogens (tertiary/aromatic N) is 5. The highest BCUT2D eigenvalue weighted by Crippen LogP contribution is 2.21. The lowest BCUT2D eigenvalue weighted by Crippen LogP contribution is -2.47. The number of hydrogen-bond donors (Lipinski definition) is 2. The van der Waals surface area contributed by atoms with Crippen molar-refractivity contribution >= 4 is 29.9 Å². The molecule has 1 saturated carbocycles. The van der Waals surface area contributed by atoms with Gasteiger partial charge in [0.2, 0.25) is 0 Å². The molecule has 0 bridgehead atoms. The standard InChI is InChI=1S/C20H37N7O.HI/c1-21-20(22-12-7-13-26(2)17-8-5-4-6-9-17)23-16-10-11-19-24-18(15-28-3)25-27(19)14-16;/h16-17H,4-15H2,1-3H3,(H2,21,22,23);1H. The normalized spacial score (nSPS) is 20.3. The van der Waals surface area contributed by atoms with Gasteiger partial charge in [0.05, 0.1) is 6.54 Å². The van der Waals surface area contributed by atoms with Crippen LogP contribution in [0.5, 0.6) is 0 Å². The molecule has 2 heterocycles. The molecule has 1 aliphatic heterocycles. The minimum absolute atomic E-state index is 0. The number of methoxy groups -OCH3 is 1. The van der Waals surface area contributed by atoms with Gasteiger partial charge in [-0.3, -0.25) is 4.99 Å². The van der Waals surface area contributed by atoms with Gasteiger partial charge in [0.25, 0.3) is 0 Å². The first-order valence-electron chi connectivity index (χ1n) is 10.8. The highest BCUT2D eigenvalue weighted by atomic mass is 127. The summed E-state index contributed by atoms with van der Waals surface area (Å²) < 4.78 is 7.14. The maximum absolute atomic E-state index is 5.14. The number of aromatic nitrogens is 3. The van der Waals surface area contributed by atoms with Crippen molar-refractivity contribution in [2.75, 3.05) is 34.3 Å². The number of aliphatic imine (C=N–C) groups is 1. The van der Waals surface area contributed by atoms with E-state index < -0.39 is 0 Å². The van der Waals surface area contributed by atoms with E-state index in [0.717, 1.165) is 62.5 Å². The van der Waals surface area contributed by atoms with Crippen LogP contribution >= 0.6 is 24.0 Å². The van der Waals surface area contributed by atoms with Crippen LogP contribution in [0.2, 0.25) is 0 Å². The minimum Gasteiger partial charge on any atom is -0.377 e. The lowest BCUT2D eigenvalue weighted by Gasteiger charge is -2.31. The number of aryl methyl sites for hydroxylation is 1. The molecule has 3 rings (SSSR count). The van der Waals surface area contributed by atoms with Crippen LogP contribution in [0, 0.1) is 0 Å². The molecule has 1 aromatic rings. The summed E-state index contributed by atoms with van der Waals surface area (Å²) in [6.45, 7) is 3.37. The summed E-state index contributed by atoms with van der Waals surface area (Å²) in [5.74, 6) is 2.70. The summed E-state index contributed by atoms with van der Waals surface area (Å²) in [6.07, 6.45) is 10.0. The fraction of sp³-hybridized carbons (Fsp3) is 0.850. The second kappa shape index (κ2) is 12.7. The van der Waals surface area contributed by atoms with E-state index in [9.17, 15) is 0 Å². The first kappa shape index (κ1) is 24.3. The SMILES string of the molecule is CN=C(NCCCN(C)C1CCCCC1)NC1CCc2nc(COC)nn2C1.I. The Hall–Kier alpha value is -0.940. The molecule has 2 N–H and O–H groups in total. The Kier molecular flexibility index (Phi) is 10.6. The number of fused-ring (bicyclic) bond motifs is 1. The van der Waals surface area contributed by atoms with Gasteiger partial charge >= 0.3 is 0 Å². The predicted octanol–water partition coefficient (Wildman–Crippen LogP) is 2.18. The number of rotatable bonds is 8. The monoisotopic (exact) mass is 519 g/mol. The zero-order valence-electron chi connectivity index (χ0n) is 18.2. The molecule has 166 valence electrons. The highest BCUT2D eigenvalue weighted by Gasteiger charge is 2.22. The molecule has 8 nitrogen and oxygen atoms in total. The molecule has 1 aliphatic carbocycles. The third-order valence-electron chi connectivity index (χ3n) is 5.92. The number of halogens is 1. The van der Waals surface area contributed by atoms with Gasteiger partial charge in [-0.05, 0) is 39.3 Å². The van der Waals surface area contributed by atoms with Crippen LogP contribution in [-0.4, -0.2) is 72.0 Å². The topological polar surface area (TPSA) is 79.6 Å². The zero-order valence-corrected chi connectivity index (χ0v) is 20.5. The first-order chi connectivity index (χ1) is 13.7. The molecule has 1 atom stereocenters. The predicted molar refractivity (Wildman–Crippen MR) is 127 cm³/mol. The molecule has 0 spiro atoms. The van der Waals surface area contributed by atoms with Crippen molar-refractivity contribution in [3.8, 4) is 0 Å². The first-order valence-corrected chi connectivity index (χ1v) is 10.8. The number of ether oxygens (including phenoxy) is 1. The average Bonchev–Trinajstić information content (AvgIpc) is 3.12. The van der Waals surface area contributed by atoms with E-state index in [4.69, 9.17) is 4.74 Å². The molecular weight excluding hydrogens is 481 g/mol. The van der Waals surface area contributed by atoms with Crippen molar-refractivity contribution in [1.82, 2.24) is 30.3 Å². The molecule has 1 unspecified atom stereocenters. The maximum Gasteiger partial charge on any atom is 0.191 e. The molecule has 0 radical (unpaired) electrons. The smallest absolute Gasteiger partial charge is 0.191 e. The van der Waals surface area contributed by atoms with Crippen molar-refractivity contribution in [3.05, 3.63) is 11.6 Å². The largest absolute Gasteiger partial charge is 0.377 e. The molecule has 0 saturated heterocycles. The third kappa shape index (κ3) is 7.36. The second-order valence-corrected chi connectivity index (χ2v) is 8.06. The summed E-state index contributed by atoms with van der Waals surface area (Å²) in [5, 5.41) is 11.6. The zero-order chi connectivity index (χ0) is 19.8. The molecule has 29 heavy (non-hydrogen) atoms. The minimum atomic E-state index is 0. The Morgan fingerprint density at radius 2 is 2.07 bits per heavy atom. The van der Waals surface area contributed by atoms with Crippen LogP contribution in [-0.2, 0) is 24.3 Å². The number of nitrogens with one attached hydrogen (secondary N) is 2. The van der Waals surface area contributed by atoms with Gasteiger partial charge in [-0.1, -0.05) is 19.3 Å². The lowest BCUT2D eigenvalue weighted by molar-refractivity contribution is 0.177. The quantitative estimate of drug-likeness (QED) is 0.237. The molecular formula is C20H38IN7O. The lowest BCUT2D eigenvalue weighted by atomic mass is 9.94. The van der Waals surface area contributed by atoms with E-state index >= 15 is 0 Å². The van der Waals surface area contributed by atoms with Crippen molar-refractivity contribution in [2.45, 2.75) is 76.6 Å². The van der Waals surface area contributed by atoms with Crippen LogP contribution in [0.1, 0.15) is 56.6 Å². The van der Waals surface area contributed by atoms with E-state index in [0.29, 0.717) is 12.6 Å². The van der Waals surface area contributed by atoms with Crippen LogP contribution in [0.4, 0.5) is 0 Å².